The number of hydrogen-bond acceptors (Lipinski definition) is 5. The Morgan fingerprint density at radius 2 is 1.75 bits per heavy atom. The van der Waals surface area contributed by atoms with Gasteiger partial charge in [-0.2, -0.15) is 0 Å². The summed E-state index contributed by atoms with van der Waals surface area (Å²) in [6.45, 7) is 4.26. The second kappa shape index (κ2) is 10.6. The van der Waals surface area contributed by atoms with Crippen LogP contribution in [0.4, 0.5) is 0 Å². The molecular formula is C24H24Cl2N2O3S. The van der Waals surface area contributed by atoms with Gasteiger partial charge in [-0.3, -0.25) is 9.69 Å². The van der Waals surface area contributed by atoms with Crippen molar-refractivity contribution in [1.82, 2.24) is 9.80 Å². The quantitative estimate of drug-likeness (QED) is 0.432. The molecule has 32 heavy (non-hydrogen) atoms. The summed E-state index contributed by atoms with van der Waals surface area (Å²) >= 11 is 13.6. The van der Waals surface area contributed by atoms with Gasteiger partial charge in [0.2, 0.25) is 0 Å². The summed E-state index contributed by atoms with van der Waals surface area (Å²) in [6, 6.07) is 15.1. The second-order valence-corrected chi connectivity index (χ2v) is 9.33. The van der Waals surface area contributed by atoms with Gasteiger partial charge in [-0.1, -0.05) is 35.3 Å². The molecule has 0 aliphatic carbocycles. The predicted octanol–water partition coefficient (Wildman–Crippen LogP) is 5.60. The van der Waals surface area contributed by atoms with E-state index in [1.54, 1.807) is 7.11 Å². The second-order valence-electron chi connectivity index (χ2n) is 7.60. The Hall–Kier alpha value is -2.25. The lowest BCUT2D eigenvalue weighted by atomic mass is 10.2. The van der Waals surface area contributed by atoms with Crippen molar-refractivity contribution in [3.63, 3.8) is 0 Å². The number of amides is 1. The molecule has 8 heteroatoms. The van der Waals surface area contributed by atoms with Crippen LogP contribution in [-0.2, 0) is 13.2 Å². The van der Waals surface area contributed by atoms with Crippen molar-refractivity contribution in [2.45, 2.75) is 13.2 Å². The molecule has 1 fully saturated rings. The molecule has 0 atom stereocenters. The number of carbonyl (C=O) groups excluding carboxylic acids is 1. The number of benzene rings is 2. The van der Waals surface area contributed by atoms with E-state index < -0.39 is 0 Å². The zero-order chi connectivity index (χ0) is 22.5. The van der Waals surface area contributed by atoms with E-state index in [2.05, 4.69) is 4.90 Å². The first-order chi connectivity index (χ1) is 15.5. The van der Waals surface area contributed by atoms with Crippen LogP contribution in [0.25, 0.3) is 0 Å². The molecular weight excluding hydrogens is 467 g/mol. The first kappa shape index (κ1) is 22.9. The Bertz CT molecular complexity index is 1080. The summed E-state index contributed by atoms with van der Waals surface area (Å²) in [7, 11) is 1.63. The number of piperazine rings is 1. The molecule has 0 bridgehead atoms. The van der Waals surface area contributed by atoms with Crippen molar-refractivity contribution in [2.24, 2.45) is 0 Å². The van der Waals surface area contributed by atoms with Gasteiger partial charge in [-0.05, 0) is 41.3 Å². The molecule has 0 radical (unpaired) electrons. The fraction of sp³-hybridized carbons (Fsp3) is 0.292. The third-order valence-corrected chi connectivity index (χ3v) is 7.07. The highest BCUT2D eigenvalue weighted by atomic mass is 35.5. The van der Waals surface area contributed by atoms with Crippen LogP contribution in [0.3, 0.4) is 0 Å². The van der Waals surface area contributed by atoms with Crippen molar-refractivity contribution in [2.75, 3.05) is 33.3 Å². The van der Waals surface area contributed by atoms with Crippen LogP contribution in [0.15, 0.2) is 53.9 Å². The molecule has 1 saturated heterocycles. The maximum atomic E-state index is 12.9. The van der Waals surface area contributed by atoms with E-state index in [9.17, 15) is 4.79 Å². The van der Waals surface area contributed by atoms with Crippen molar-refractivity contribution in [3.8, 4) is 11.5 Å². The number of hydrogen-bond donors (Lipinski definition) is 0. The summed E-state index contributed by atoms with van der Waals surface area (Å²) in [5.41, 5.74) is 2.11. The molecule has 5 nitrogen and oxygen atoms in total. The molecule has 1 aliphatic rings. The molecule has 2 heterocycles. The van der Waals surface area contributed by atoms with E-state index in [1.807, 2.05) is 58.8 Å². The zero-order valence-electron chi connectivity index (χ0n) is 17.7. The van der Waals surface area contributed by atoms with Gasteiger partial charge >= 0.3 is 0 Å². The van der Waals surface area contributed by atoms with Crippen molar-refractivity contribution < 1.29 is 14.3 Å². The Balaban J connectivity index is 1.28. The Morgan fingerprint density at radius 3 is 2.50 bits per heavy atom. The lowest BCUT2D eigenvalue weighted by Gasteiger charge is -2.34. The molecule has 0 saturated carbocycles. The number of methoxy groups -OCH3 is 1. The molecule has 168 valence electrons. The maximum Gasteiger partial charge on any atom is 0.264 e. The first-order valence-electron chi connectivity index (χ1n) is 10.3. The first-order valence-corrected chi connectivity index (χ1v) is 11.9. The van der Waals surface area contributed by atoms with Crippen molar-refractivity contribution in [3.05, 3.63) is 80.0 Å². The molecule has 1 aromatic heterocycles. The monoisotopic (exact) mass is 490 g/mol. The molecule has 1 aliphatic heterocycles. The Morgan fingerprint density at radius 1 is 0.969 bits per heavy atom. The average Bonchev–Trinajstić information content (AvgIpc) is 3.29. The Labute approximate surface area is 202 Å². The minimum atomic E-state index is 0.0804. The van der Waals surface area contributed by atoms with Gasteiger partial charge < -0.3 is 14.4 Å². The predicted molar refractivity (Wildman–Crippen MR) is 129 cm³/mol. The smallest absolute Gasteiger partial charge is 0.264 e. The van der Waals surface area contributed by atoms with Gasteiger partial charge in [-0.25, -0.2) is 0 Å². The van der Waals surface area contributed by atoms with Crippen LogP contribution < -0.4 is 9.47 Å². The van der Waals surface area contributed by atoms with Crippen LogP contribution >= 0.6 is 34.5 Å². The Kier molecular flexibility index (Phi) is 7.58. The van der Waals surface area contributed by atoms with Gasteiger partial charge in [0.1, 0.15) is 18.1 Å². The summed E-state index contributed by atoms with van der Waals surface area (Å²) < 4.78 is 11.1. The van der Waals surface area contributed by atoms with Crippen LogP contribution in [-0.4, -0.2) is 49.0 Å². The number of rotatable bonds is 7. The highest BCUT2D eigenvalue weighted by molar-refractivity contribution is 7.12. The lowest BCUT2D eigenvalue weighted by molar-refractivity contribution is 0.0633. The third kappa shape index (κ3) is 5.75. The van der Waals surface area contributed by atoms with E-state index in [0.717, 1.165) is 47.1 Å². The summed E-state index contributed by atoms with van der Waals surface area (Å²) in [4.78, 5) is 17.9. The highest BCUT2D eigenvalue weighted by Crippen LogP contribution is 2.25. The molecule has 2 aromatic carbocycles. The van der Waals surface area contributed by atoms with Crippen LogP contribution in [0.1, 0.15) is 20.8 Å². The normalized spacial score (nSPS) is 14.4. The van der Waals surface area contributed by atoms with Gasteiger partial charge in [0.05, 0.1) is 22.0 Å². The van der Waals surface area contributed by atoms with Crippen LogP contribution in [0.5, 0.6) is 11.5 Å². The van der Waals surface area contributed by atoms with Gasteiger partial charge in [0.15, 0.2) is 0 Å². The average molecular weight is 491 g/mol. The van der Waals surface area contributed by atoms with Crippen LogP contribution in [0.2, 0.25) is 10.0 Å². The molecule has 1 amide bonds. The maximum absolute atomic E-state index is 12.9. The lowest BCUT2D eigenvalue weighted by Crippen LogP contribution is -2.48. The largest absolute Gasteiger partial charge is 0.497 e. The number of thiophene rings is 1. The van der Waals surface area contributed by atoms with Crippen molar-refractivity contribution in [1.29, 1.82) is 0 Å². The highest BCUT2D eigenvalue weighted by Gasteiger charge is 2.23. The number of carbonyl (C=O) groups is 1. The fourth-order valence-corrected chi connectivity index (χ4v) is 4.77. The minimum absolute atomic E-state index is 0.0804. The number of ether oxygens (including phenoxy) is 2. The van der Waals surface area contributed by atoms with Crippen LogP contribution in [0, 0.1) is 0 Å². The van der Waals surface area contributed by atoms with E-state index in [0.29, 0.717) is 29.7 Å². The summed E-state index contributed by atoms with van der Waals surface area (Å²) in [6.07, 6.45) is 0. The van der Waals surface area contributed by atoms with Gasteiger partial charge in [0.25, 0.3) is 5.91 Å². The van der Waals surface area contributed by atoms with E-state index in [4.69, 9.17) is 32.7 Å². The minimum Gasteiger partial charge on any atom is -0.497 e. The fourth-order valence-electron chi connectivity index (χ4n) is 3.58. The summed E-state index contributed by atoms with van der Waals surface area (Å²) in [5, 5.41) is 3.12. The van der Waals surface area contributed by atoms with Gasteiger partial charge in [0, 0.05) is 44.4 Å². The standard InChI is InChI=1S/C24H24Cl2N2O3S/c1-30-19-3-2-4-20(13-19)31-15-18-12-23(32-16-18)24(29)28-9-7-27(8-10-28)14-17-5-6-21(25)22(26)11-17/h2-6,11-13,16H,7-10,14-15H2,1H3. The van der Waals surface area contributed by atoms with E-state index in [1.165, 1.54) is 11.3 Å². The van der Waals surface area contributed by atoms with Crippen molar-refractivity contribution >= 4 is 40.4 Å². The van der Waals surface area contributed by atoms with E-state index in [-0.39, 0.29) is 5.91 Å². The molecule has 0 unspecified atom stereocenters. The SMILES string of the molecule is COc1cccc(OCc2csc(C(=O)N3CCN(Cc4ccc(Cl)c(Cl)c4)CC3)c2)c1. The molecule has 0 N–H and O–H groups in total. The zero-order valence-corrected chi connectivity index (χ0v) is 20.1. The van der Waals surface area contributed by atoms with E-state index >= 15 is 0 Å². The topological polar surface area (TPSA) is 42.0 Å². The summed E-state index contributed by atoms with van der Waals surface area (Å²) in [5.74, 6) is 1.57. The molecule has 0 spiro atoms. The third-order valence-electron chi connectivity index (χ3n) is 5.36. The number of halogens is 2. The molecule has 3 aromatic rings. The van der Waals surface area contributed by atoms with Gasteiger partial charge in [-0.15, -0.1) is 11.3 Å². The molecule has 4 rings (SSSR count). The number of nitrogens with zero attached hydrogens (tertiary/aromatic N) is 2.